The van der Waals surface area contributed by atoms with Gasteiger partial charge in [0.25, 0.3) is 0 Å². The lowest BCUT2D eigenvalue weighted by Gasteiger charge is -2.15. The number of rotatable bonds is 6. The minimum Gasteiger partial charge on any atom is -0.312 e. The molecular formula is C14H19Br2N3S. The van der Waals surface area contributed by atoms with Crippen molar-refractivity contribution in [2.45, 2.75) is 39.3 Å². The molecular weight excluding hydrogens is 402 g/mol. The van der Waals surface area contributed by atoms with Crippen LogP contribution in [0.4, 0.5) is 0 Å². The maximum atomic E-state index is 4.67. The Balaban J connectivity index is 2.29. The number of nitrogens with one attached hydrogen (secondary N) is 1. The third-order valence-corrected chi connectivity index (χ3v) is 6.03. The van der Waals surface area contributed by atoms with E-state index in [9.17, 15) is 0 Å². The fraction of sp³-hybridized carbons (Fsp3) is 0.500. The molecule has 0 aromatic carbocycles. The monoisotopic (exact) mass is 419 g/mol. The van der Waals surface area contributed by atoms with E-state index in [1.54, 1.807) is 11.3 Å². The highest BCUT2D eigenvalue weighted by molar-refractivity contribution is 9.11. The zero-order valence-corrected chi connectivity index (χ0v) is 15.9. The molecule has 0 saturated carbocycles. The number of likely N-dealkylation sites (N-methyl/N-ethyl adjacent to an activating group) is 1. The highest BCUT2D eigenvalue weighted by Gasteiger charge is 2.19. The van der Waals surface area contributed by atoms with Gasteiger partial charge in [0.05, 0.1) is 19.6 Å². The van der Waals surface area contributed by atoms with Crippen LogP contribution in [0.1, 0.15) is 36.2 Å². The molecule has 1 atom stereocenters. The standard InChI is InChI=1S/C14H19Br2N3S/c1-4-9-14(16)11(19(5-2)18-9)8-10(17-3)12-6-7-13(15)20-12/h6-7,10,17H,4-5,8H2,1-3H3. The molecule has 0 aliphatic carbocycles. The summed E-state index contributed by atoms with van der Waals surface area (Å²) in [6.45, 7) is 5.18. The second-order valence-corrected chi connectivity index (χ2v) is 7.85. The fourth-order valence-electron chi connectivity index (χ4n) is 2.27. The largest absolute Gasteiger partial charge is 0.312 e. The molecule has 0 aliphatic rings. The summed E-state index contributed by atoms with van der Waals surface area (Å²) in [5.74, 6) is 0. The van der Waals surface area contributed by atoms with Crippen LogP contribution in [0.2, 0.25) is 0 Å². The molecule has 2 aromatic heterocycles. The molecule has 2 heterocycles. The van der Waals surface area contributed by atoms with E-state index in [2.05, 4.69) is 72.9 Å². The first-order valence-corrected chi connectivity index (χ1v) is 9.17. The van der Waals surface area contributed by atoms with E-state index in [1.165, 1.54) is 14.4 Å². The van der Waals surface area contributed by atoms with Crippen molar-refractivity contribution in [1.82, 2.24) is 15.1 Å². The molecule has 1 N–H and O–H groups in total. The van der Waals surface area contributed by atoms with E-state index >= 15 is 0 Å². The van der Waals surface area contributed by atoms with Crippen molar-refractivity contribution >= 4 is 43.2 Å². The summed E-state index contributed by atoms with van der Waals surface area (Å²) in [5.41, 5.74) is 2.41. The first-order chi connectivity index (χ1) is 9.60. The minimum atomic E-state index is 0.314. The molecule has 3 nitrogen and oxygen atoms in total. The van der Waals surface area contributed by atoms with Gasteiger partial charge in [-0.25, -0.2) is 0 Å². The molecule has 0 aliphatic heterocycles. The predicted molar refractivity (Wildman–Crippen MR) is 92.5 cm³/mol. The van der Waals surface area contributed by atoms with Crippen LogP contribution < -0.4 is 5.32 Å². The number of hydrogen-bond acceptors (Lipinski definition) is 3. The van der Waals surface area contributed by atoms with Gasteiger partial charge in [-0.3, -0.25) is 4.68 Å². The van der Waals surface area contributed by atoms with Crippen LogP contribution in [0.5, 0.6) is 0 Å². The Bertz CT molecular complexity index is 577. The van der Waals surface area contributed by atoms with Gasteiger partial charge in [-0.05, 0) is 64.4 Å². The Morgan fingerprint density at radius 2 is 2.10 bits per heavy atom. The lowest BCUT2D eigenvalue weighted by Crippen LogP contribution is -2.19. The van der Waals surface area contributed by atoms with Crippen LogP contribution >= 0.6 is 43.2 Å². The molecule has 0 amide bonds. The number of hydrogen-bond donors (Lipinski definition) is 1. The van der Waals surface area contributed by atoms with Crippen LogP contribution in [-0.2, 0) is 19.4 Å². The van der Waals surface area contributed by atoms with Gasteiger partial charge in [-0.2, -0.15) is 5.10 Å². The predicted octanol–water partition coefficient (Wildman–Crippen LogP) is 4.56. The normalized spacial score (nSPS) is 12.8. The summed E-state index contributed by atoms with van der Waals surface area (Å²) in [6.07, 6.45) is 1.89. The van der Waals surface area contributed by atoms with E-state index in [0.29, 0.717) is 6.04 Å². The molecule has 2 rings (SSSR count). The average Bonchev–Trinajstić information content (AvgIpc) is 3.00. The van der Waals surface area contributed by atoms with Crippen molar-refractivity contribution in [2.75, 3.05) is 7.05 Å². The van der Waals surface area contributed by atoms with Crippen LogP contribution in [0, 0.1) is 0 Å². The molecule has 0 fully saturated rings. The van der Waals surface area contributed by atoms with Crippen molar-refractivity contribution in [3.63, 3.8) is 0 Å². The summed E-state index contributed by atoms with van der Waals surface area (Å²) >= 11 is 9.04. The molecule has 2 aromatic rings. The Kier molecular flexibility index (Phi) is 5.84. The van der Waals surface area contributed by atoms with Crippen LogP contribution in [-0.4, -0.2) is 16.8 Å². The second kappa shape index (κ2) is 7.20. The van der Waals surface area contributed by atoms with Crippen molar-refractivity contribution in [3.8, 4) is 0 Å². The minimum absolute atomic E-state index is 0.314. The van der Waals surface area contributed by atoms with E-state index in [4.69, 9.17) is 0 Å². The summed E-state index contributed by atoms with van der Waals surface area (Å²) in [6, 6.07) is 4.60. The van der Waals surface area contributed by atoms with Gasteiger partial charge in [0.1, 0.15) is 0 Å². The van der Waals surface area contributed by atoms with Crippen molar-refractivity contribution < 1.29 is 0 Å². The lowest BCUT2D eigenvalue weighted by molar-refractivity contribution is 0.545. The quantitative estimate of drug-likeness (QED) is 0.742. The van der Waals surface area contributed by atoms with E-state index in [1.807, 2.05) is 7.05 Å². The molecule has 0 bridgehead atoms. The third-order valence-electron chi connectivity index (χ3n) is 3.38. The first-order valence-electron chi connectivity index (χ1n) is 6.77. The van der Waals surface area contributed by atoms with Crippen LogP contribution in [0.25, 0.3) is 0 Å². The number of aromatic nitrogens is 2. The van der Waals surface area contributed by atoms with Crippen molar-refractivity contribution in [3.05, 3.63) is 36.7 Å². The third kappa shape index (κ3) is 3.35. The summed E-state index contributed by atoms with van der Waals surface area (Å²) < 4.78 is 4.44. The highest BCUT2D eigenvalue weighted by atomic mass is 79.9. The molecule has 20 heavy (non-hydrogen) atoms. The Morgan fingerprint density at radius 3 is 2.60 bits per heavy atom. The average molecular weight is 421 g/mol. The van der Waals surface area contributed by atoms with Gasteiger partial charge in [-0.15, -0.1) is 11.3 Å². The smallest absolute Gasteiger partial charge is 0.0766 e. The maximum absolute atomic E-state index is 4.67. The van der Waals surface area contributed by atoms with Crippen LogP contribution in [0.3, 0.4) is 0 Å². The zero-order valence-electron chi connectivity index (χ0n) is 11.9. The summed E-state index contributed by atoms with van der Waals surface area (Å²) in [4.78, 5) is 1.34. The van der Waals surface area contributed by atoms with Crippen molar-refractivity contribution in [2.24, 2.45) is 0 Å². The van der Waals surface area contributed by atoms with Gasteiger partial charge in [-0.1, -0.05) is 6.92 Å². The zero-order chi connectivity index (χ0) is 14.7. The Morgan fingerprint density at radius 1 is 1.35 bits per heavy atom. The van der Waals surface area contributed by atoms with Gasteiger partial charge < -0.3 is 5.32 Å². The molecule has 0 spiro atoms. The maximum Gasteiger partial charge on any atom is 0.0766 e. The topological polar surface area (TPSA) is 29.9 Å². The number of thiophene rings is 1. The lowest BCUT2D eigenvalue weighted by atomic mass is 10.1. The molecule has 0 saturated heterocycles. The van der Waals surface area contributed by atoms with Gasteiger partial charge in [0.15, 0.2) is 0 Å². The Hall–Kier alpha value is -0.170. The van der Waals surface area contributed by atoms with Gasteiger partial charge in [0, 0.05) is 23.9 Å². The van der Waals surface area contributed by atoms with E-state index in [0.717, 1.165) is 29.6 Å². The van der Waals surface area contributed by atoms with Gasteiger partial charge in [0.2, 0.25) is 0 Å². The highest BCUT2D eigenvalue weighted by Crippen LogP contribution is 2.32. The van der Waals surface area contributed by atoms with Crippen molar-refractivity contribution in [1.29, 1.82) is 0 Å². The number of halogens is 2. The number of aryl methyl sites for hydroxylation is 2. The molecule has 1 unspecified atom stereocenters. The molecule has 6 heteroatoms. The number of nitrogens with zero attached hydrogens (tertiary/aromatic N) is 2. The van der Waals surface area contributed by atoms with E-state index < -0.39 is 0 Å². The summed E-state index contributed by atoms with van der Waals surface area (Å²) in [5, 5.41) is 8.08. The molecule has 110 valence electrons. The van der Waals surface area contributed by atoms with Crippen LogP contribution in [0.15, 0.2) is 20.4 Å². The SMILES string of the molecule is CCc1nn(CC)c(CC(NC)c2ccc(Br)s2)c1Br. The summed E-state index contributed by atoms with van der Waals surface area (Å²) in [7, 11) is 2.01. The van der Waals surface area contributed by atoms with Gasteiger partial charge >= 0.3 is 0 Å². The van der Waals surface area contributed by atoms with E-state index in [-0.39, 0.29) is 0 Å². The fourth-order valence-corrected chi connectivity index (χ4v) is 4.53. The first kappa shape index (κ1) is 16.2. The molecule has 0 radical (unpaired) electrons. The second-order valence-electron chi connectivity index (χ2n) is 4.56. The Labute approximate surface area is 141 Å².